The van der Waals surface area contributed by atoms with Crippen molar-refractivity contribution in [1.82, 2.24) is 10.3 Å². The van der Waals surface area contributed by atoms with Crippen LogP contribution >= 0.6 is 0 Å². The maximum atomic E-state index is 12.7. The SMILES string of the molecule is CCc1ccc(NC(=NCc2ccncc2)NC(=O)c2cccc(C)c2)cc1. The first-order valence-electron chi connectivity index (χ1n) is 9.31. The lowest BCUT2D eigenvalue weighted by Crippen LogP contribution is -2.36. The van der Waals surface area contributed by atoms with Crippen LogP contribution in [-0.4, -0.2) is 16.9 Å². The Bertz CT molecular complexity index is 950. The number of amides is 1. The highest BCUT2D eigenvalue weighted by molar-refractivity contribution is 6.10. The number of nitrogens with one attached hydrogen (secondary N) is 2. The lowest BCUT2D eigenvalue weighted by atomic mass is 10.1. The van der Waals surface area contributed by atoms with Gasteiger partial charge in [0.25, 0.3) is 5.91 Å². The minimum absolute atomic E-state index is 0.199. The number of nitrogens with zero attached hydrogens (tertiary/aromatic N) is 2. The number of carbonyl (C=O) groups is 1. The van der Waals surface area contributed by atoms with Crippen molar-refractivity contribution in [1.29, 1.82) is 0 Å². The number of pyridine rings is 1. The molecule has 5 nitrogen and oxygen atoms in total. The molecule has 1 heterocycles. The van der Waals surface area contributed by atoms with Gasteiger partial charge in [0.1, 0.15) is 0 Å². The molecule has 0 saturated carbocycles. The van der Waals surface area contributed by atoms with E-state index in [0.717, 1.165) is 23.2 Å². The van der Waals surface area contributed by atoms with Gasteiger partial charge in [0.15, 0.2) is 0 Å². The Morgan fingerprint density at radius 2 is 1.75 bits per heavy atom. The zero-order valence-corrected chi connectivity index (χ0v) is 16.1. The van der Waals surface area contributed by atoms with Crippen LogP contribution in [-0.2, 0) is 13.0 Å². The smallest absolute Gasteiger partial charge is 0.257 e. The second-order valence-corrected chi connectivity index (χ2v) is 6.52. The Morgan fingerprint density at radius 1 is 1.00 bits per heavy atom. The number of hydrogen-bond donors (Lipinski definition) is 2. The Morgan fingerprint density at radius 3 is 2.43 bits per heavy atom. The first-order valence-corrected chi connectivity index (χ1v) is 9.31. The van der Waals surface area contributed by atoms with Crippen molar-refractivity contribution in [3.05, 3.63) is 95.3 Å². The third-order valence-corrected chi connectivity index (χ3v) is 4.31. The molecule has 142 valence electrons. The molecular formula is C23H24N4O. The summed E-state index contributed by atoms with van der Waals surface area (Å²) in [5.74, 6) is 0.211. The molecule has 0 aliphatic rings. The van der Waals surface area contributed by atoms with Crippen LogP contribution in [0.5, 0.6) is 0 Å². The topological polar surface area (TPSA) is 66.4 Å². The third-order valence-electron chi connectivity index (χ3n) is 4.31. The fraction of sp³-hybridized carbons (Fsp3) is 0.174. The normalized spacial score (nSPS) is 11.1. The molecule has 0 aliphatic carbocycles. The van der Waals surface area contributed by atoms with Gasteiger partial charge in [-0.3, -0.25) is 15.1 Å². The summed E-state index contributed by atoms with van der Waals surface area (Å²) in [6.45, 7) is 4.51. The van der Waals surface area contributed by atoms with Gasteiger partial charge in [-0.05, 0) is 60.9 Å². The number of rotatable bonds is 5. The van der Waals surface area contributed by atoms with E-state index in [1.165, 1.54) is 5.56 Å². The summed E-state index contributed by atoms with van der Waals surface area (Å²) < 4.78 is 0. The highest BCUT2D eigenvalue weighted by atomic mass is 16.1. The van der Waals surface area contributed by atoms with E-state index >= 15 is 0 Å². The lowest BCUT2D eigenvalue weighted by Gasteiger charge is -2.13. The Balaban J connectivity index is 1.79. The van der Waals surface area contributed by atoms with Gasteiger partial charge in [0.05, 0.1) is 6.54 Å². The summed E-state index contributed by atoms with van der Waals surface area (Å²) in [6.07, 6.45) is 4.44. The number of carbonyl (C=O) groups excluding carboxylic acids is 1. The number of hydrogen-bond acceptors (Lipinski definition) is 3. The third kappa shape index (κ3) is 5.51. The molecule has 2 aromatic carbocycles. The zero-order chi connectivity index (χ0) is 19.8. The van der Waals surface area contributed by atoms with Crippen LogP contribution in [0, 0.1) is 6.92 Å². The minimum Gasteiger partial charge on any atom is -0.326 e. The molecule has 5 heteroatoms. The monoisotopic (exact) mass is 372 g/mol. The van der Waals surface area contributed by atoms with Gasteiger partial charge in [-0.15, -0.1) is 0 Å². The first-order chi connectivity index (χ1) is 13.6. The largest absolute Gasteiger partial charge is 0.326 e. The average molecular weight is 372 g/mol. The number of aromatic nitrogens is 1. The molecule has 0 spiro atoms. The molecule has 0 unspecified atom stereocenters. The quantitative estimate of drug-likeness (QED) is 0.517. The molecule has 2 N–H and O–H groups in total. The van der Waals surface area contributed by atoms with Gasteiger partial charge in [0.2, 0.25) is 5.96 Å². The van der Waals surface area contributed by atoms with Gasteiger partial charge in [-0.25, -0.2) is 4.99 Å². The maximum absolute atomic E-state index is 12.7. The van der Waals surface area contributed by atoms with E-state index in [-0.39, 0.29) is 5.91 Å². The average Bonchev–Trinajstić information content (AvgIpc) is 2.73. The molecule has 0 radical (unpaired) electrons. The van der Waals surface area contributed by atoms with Crippen LogP contribution < -0.4 is 10.6 Å². The van der Waals surface area contributed by atoms with Gasteiger partial charge >= 0.3 is 0 Å². The number of benzene rings is 2. The molecule has 1 aromatic heterocycles. The van der Waals surface area contributed by atoms with Crippen LogP contribution in [0.25, 0.3) is 0 Å². The predicted molar refractivity (Wildman–Crippen MR) is 113 cm³/mol. The van der Waals surface area contributed by atoms with Gasteiger partial charge in [-0.2, -0.15) is 0 Å². The first kappa shape index (κ1) is 19.3. The molecule has 3 aromatic rings. The summed E-state index contributed by atoms with van der Waals surface area (Å²) in [6, 6.07) is 19.4. The maximum Gasteiger partial charge on any atom is 0.257 e. The fourth-order valence-electron chi connectivity index (χ4n) is 2.70. The number of aryl methyl sites for hydroxylation is 2. The molecule has 28 heavy (non-hydrogen) atoms. The summed E-state index contributed by atoms with van der Waals surface area (Å²) >= 11 is 0. The van der Waals surface area contributed by atoms with Crippen molar-refractivity contribution in [2.45, 2.75) is 26.8 Å². The second kappa shape index (κ2) is 9.46. The van der Waals surface area contributed by atoms with E-state index in [1.54, 1.807) is 18.5 Å². The van der Waals surface area contributed by atoms with Crippen molar-refractivity contribution in [2.24, 2.45) is 4.99 Å². The van der Waals surface area contributed by atoms with Crippen LogP contribution in [0.15, 0.2) is 78.0 Å². The standard InChI is InChI=1S/C23H24N4O/c1-3-18-7-9-21(10-8-18)26-23(25-16-19-11-13-24-14-12-19)27-22(28)20-6-4-5-17(2)15-20/h4-15H,3,16H2,1-2H3,(H2,25,26,27,28). The van der Waals surface area contributed by atoms with Crippen LogP contribution in [0.1, 0.15) is 34.0 Å². The summed E-state index contributed by atoms with van der Waals surface area (Å²) in [5.41, 5.74) is 4.77. The number of anilines is 1. The predicted octanol–water partition coefficient (Wildman–Crippen LogP) is 4.35. The minimum atomic E-state index is -0.199. The van der Waals surface area contributed by atoms with Crippen LogP contribution in [0.3, 0.4) is 0 Å². The molecule has 0 aliphatic heterocycles. The van der Waals surface area contributed by atoms with E-state index < -0.39 is 0 Å². The van der Waals surface area contributed by atoms with Crippen molar-refractivity contribution < 1.29 is 4.79 Å². The molecule has 0 atom stereocenters. The second-order valence-electron chi connectivity index (χ2n) is 6.52. The van der Waals surface area contributed by atoms with E-state index in [0.29, 0.717) is 18.1 Å². The van der Waals surface area contributed by atoms with Gasteiger partial charge < -0.3 is 5.32 Å². The highest BCUT2D eigenvalue weighted by Crippen LogP contribution is 2.11. The Hall–Kier alpha value is -3.47. The zero-order valence-electron chi connectivity index (χ0n) is 16.1. The van der Waals surface area contributed by atoms with Crippen molar-refractivity contribution in [2.75, 3.05) is 5.32 Å². The number of guanidine groups is 1. The highest BCUT2D eigenvalue weighted by Gasteiger charge is 2.10. The summed E-state index contributed by atoms with van der Waals surface area (Å²) in [7, 11) is 0. The van der Waals surface area contributed by atoms with Crippen LogP contribution in [0.2, 0.25) is 0 Å². The van der Waals surface area contributed by atoms with Crippen molar-refractivity contribution >= 4 is 17.6 Å². The molecule has 0 saturated heterocycles. The van der Waals surface area contributed by atoms with Crippen LogP contribution in [0.4, 0.5) is 5.69 Å². The van der Waals surface area contributed by atoms with E-state index in [4.69, 9.17) is 0 Å². The van der Waals surface area contributed by atoms with E-state index in [2.05, 4.69) is 39.7 Å². The Kier molecular flexibility index (Phi) is 6.52. The lowest BCUT2D eigenvalue weighted by molar-refractivity contribution is 0.0977. The summed E-state index contributed by atoms with van der Waals surface area (Å²) in [4.78, 5) is 21.3. The molecular weight excluding hydrogens is 348 g/mol. The molecule has 0 bridgehead atoms. The van der Waals surface area contributed by atoms with Gasteiger partial charge in [-0.1, -0.05) is 36.8 Å². The molecule has 1 amide bonds. The van der Waals surface area contributed by atoms with Gasteiger partial charge in [0, 0.05) is 23.6 Å². The fourth-order valence-corrected chi connectivity index (χ4v) is 2.70. The van der Waals surface area contributed by atoms with E-state index in [9.17, 15) is 4.79 Å². The molecule has 3 rings (SSSR count). The van der Waals surface area contributed by atoms with E-state index in [1.807, 2.05) is 49.4 Å². The molecule has 0 fully saturated rings. The van der Waals surface area contributed by atoms with Crippen molar-refractivity contribution in [3.63, 3.8) is 0 Å². The van der Waals surface area contributed by atoms with Crippen molar-refractivity contribution in [3.8, 4) is 0 Å². The Labute approximate surface area is 165 Å². The summed E-state index contributed by atoms with van der Waals surface area (Å²) in [5, 5.41) is 6.11. The number of aliphatic imine (C=N–C) groups is 1.